The third-order valence-corrected chi connectivity index (χ3v) is 5.36. The van der Waals surface area contributed by atoms with Gasteiger partial charge in [0.25, 0.3) is 0 Å². The van der Waals surface area contributed by atoms with Gasteiger partial charge in [0.05, 0.1) is 19.0 Å². The molecule has 0 amide bonds. The van der Waals surface area contributed by atoms with Crippen molar-refractivity contribution in [1.82, 2.24) is 0 Å². The van der Waals surface area contributed by atoms with Crippen LogP contribution < -0.4 is 9.47 Å². The van der Waals surface area contributed by atoms with E-state index in [0.29, 0.717) is 0 Å². The maximum absolute atomic E-state index is 5.41. The van der Waals surface area contributed by atoms with Crippen molar-refractivity contribution in [3.8, 4) is 11.5 Å². The van der Waals surface area contributed by atoms with Gasteiger partial charge in [-0.2, -0.15) is 0 Å². The average molecular weight is 341 g/mol. The van der Waals surface area contributed by atoms with Crippen LogP contribution in [0, 0.1) is 13.8 Å². The van der Waals surface area contributed by atoms with Crippen LogP contribution in [0.3, 0.4) is 0 Å². The first-order valence-electron chi connectivity index (χ1n) is 5.98. The Hall–Kier alpha value is -1.00. The Bertz CT molecular complexity index is 554. The van der Waals surface area contributed by atoms with Crippen LogP contribution in [0.4, 0.5) is 0 Å². The molecule has 19 heavy (non-hydrogen) atoms. The molecule has 0 N–H and O–H groups in total. The molecule has 1 unspecified atom stereocenters. The molecule has 1 heterocycles. The Labute approximate surface area is 126 Å². The van der Waals surface area contributed by atoms with Gasteiger partial charge < -0.3 is 9.47 Å². The van der Waals surface area contributed by atoms with Gasteiger partial charge in [0.15, 0.2) is 0 Å². The van der Waals surface area contributed by atoms with E-state index in [2.05, 4.69) is 48.0 Å². The molecule has 1 atom stereocenters. The molecule has 102 valence electrons. The fourth-order valence-electron chi connectivity index (χ4n) is 2.19. The first-order valence-corrected chi connectivity index (χ1v) is 7.78. The Morgan fingerprint density at radius 2 is 1.68 bits per heavy atom. The predicted octanol–water partition coefficient (Wildman–Crippen LogP) is 4.87. The number of halogens is 1. The summed E-state index contributed by atoms with van der Waals surface area (Å²) in [6.45, 7) is 4.15. The highest BCUT2D eigenvalue weighted by Gasteiger charge is 2.16. The number of alkyl halides is 1. The summed E-state index contributed by atoms with van der Waals surface area (Å²) < 4.78 is 10.6. The smallest absolute Gasteiger partial charge is 0.129 e. The molecule has 0 aliphatic carbocycles. The van der Waals surface area contributed by atoms with Gasteiger partial charge in [-0.15, -0.1) is 11.3 Å². The normalized spacial score (nSPS) is 12.3. The van der Waals surface area contributed by atoms with Crippen LogP contribution in [-0.2, 0) is 0 Å². The minimum atomic E-state index is 0.185. The highest BCUT2D eigenvalue weighted by molar-refractivity contribution is 9.09. The number of benzene rings is 1. The second-order valence-electron chi connectivity index (χ2n) is 4.44. The predicted molar refractivity (Wildman–Crippen MR) is 84.1 cm³/mol. The van der Waals surface area contributed by atoms with Gasteiger partial charge >= 0.3 is 0 Å². The molecule has 0 saturated carbocycles. The maximum Gasteiger partial charge on any atom is 0.129 e. The van der Waals surface area contributed by atoms with E-state index < -0.39 is 0 Å². The highest BCUT2D eigenvalue weighted by Crippen LogP contribution is 2.39. The van der Waals surface area contributed by atoms with E-state index in [1.165, 1.54) is 10.4 Å². The lowest BCUT2D eigenvalue weighted by Crippen LogP contribution is -1.96. The first-order chi connectivity index (χ1) is 9.06. The zero-order chi connectivity index (χ0) is 14.0. The lowest BCUT2D eigenvalue weighted by molar-refractivity contribution is 0.408. The fourth-order valence-corrected chi connectivity index (χ4v) is 3.77. The van der Waals surface area contributed by atoms with Crippen molar-refractivity contribution in [2.24, 2.45) is 0 Å². The van der Waals surface area contributed by atoms with E-state index in [0.717, 1.165) is 22.6 Å². The van der Waals surface area contributed by atoms with Crippen LogP contribution in [0.25, 0.3) is 0 Å². The van der Waals surface area contributed by atoms with Crippen molar-refractivity contribution in [2.75, 3.05) is 14.2 Å². The van der Waals surface area contributed by atoms with Crippen LogP contribution in [0.15, 0.2) is 23.6 Å². The van der Waals surface area contributed by atoms with E-state index in [-0.39, 0.29) is 4.83 Å². The van der Waals surface area contributed by atoms with Crippen LogP contribution >= 0.6 is 27.3 Å². The van der Waals surface area contributed by atoms with Gasteiger partial charge in [-0.3, -0.25) is 0 Å². The lowest BCUT2D eigenvalue weighted by Gasteiger charge is -2.14. The topological polar surface area (TPSA) is 18.5 Å². The monoisotopic (exact) mass is 340 g/mol. The fraction of sp³-hybridized carbons (Fsp3) is 0.333. The minimum absolute atomic E-state index is 0.185. The largest absolute Gasteiger partial charge is 0.496 e. The Kier molecular flexibility index (Phi) is 4.53. The Balaban J connectivity index is 2.36. The number of aryl methyl sites for hydroxylation is 2. The minimum Gasteiger partial charge on any atom is -0.496 e. The number of ether oxygens (including phenoxy) is 2. The van der Waals surface area contributed by atoms with Crippen molar-refractivity contribution in [3.05, 3.63) is 45.1 Å². The van der Waals surface area contributed by atoms with Crippen molar-refractivity contribution in [3.63, 3.8) is 0 Å². The molecule has 0 spiro atoms. The molecular formula is C15H17BrO2S. The molecule has 2 rings (SSSR count). The lowest BCUT2D eigenvalue weighted by atomic mass is 10.0. The molecule has 2 aromatic rings. The van der Waals surface area contributed by atoms with Gasteiger partial charge in [0.2, 0.25) is 0 Å². The van der Waals surface area contributed by atoms with Gasteiger partial charge in [-0.05, 0) is 36.6 Å². The summed E-state index contributed by atoms with van der Waals surface area (Å²) in [6, 6.07) is 6.40. The molecule has 1 aromatic heterocycles. The summed E-state index contributed by atoms with van der Waals surface area (Å²) in [4.78, 5) is 1.42. The zero-order valence-electron chi connectivity index (χ0n) is 11.5. The molecule has 0 aliphatic heterocycles. The van der Waals surface area contributed by atoms with Crippen molar-refractivity contribution in [1.29, 1.82) is 0 Å². The molecule has 0 saturated heterocycles. The summed E-state index contributed by atoms with van der Waals surface area (Å²) >= 11 is 5.46. The van der Waals surface area contributed by atoms with Crippen LogP contribution in [-0.4, -0.2) is 14.2 Å². The molecule has 0 radical (unpaired) electrons. The zero-order valence-corrected chi connectivity index (χ0v) is 13.9. The summed E-state index contributed by atoms with van der Waals surface area (Å²) in [6.07, 6.45) is 0. The highest BCUT2D eigenvalue weighted by atomic mass is 79.9. The average Bonchev–Trinajstić information content (AvgIpc) is 2.86. The second kappa shape index (κ2) is 5.97. The quantitative estimate of drug-likeness (QED) is 0.739. The first kappa shape index (κ1) is 14.4. The van der Waals surface area contributed by atoms with Crippen LogP contribution in [0.1, 0.15) is 26.4 Å². The van der Waals surface area contributed by atoms with E-state index in [1.54, 1.807) is 25.6 Å². The van der Waals surface area contributed by atoms with Gasteiger partial charge in [0.1, 0.15) is 11.5 Å². The van der Waals surface area contributed by atoms with Gasteiger partial charge in [0, 0.05) is 10.3 Å². The Morgan fingerprint density at radius 3 is 2.16 bits per heavy atom. The summed E-state index contributed by atoms with van der Waals surface area (Å²) in [5.74, 6) is 1.87. The van der Waals surface area contributed by atoms with Crippen molar-refractivity contribution in [2.45, 2.75) is 18.7 Å². The van der Waals surface area contributed by atoms with Crippen molar-refractivity contribution < 1.29 is 9.47 Å². The van der Waals surface area contributed by atoms with Crippen molar-refractivity contribution >= 4 is 27.3 Å². The van der Waals surface area contributed by atoms with E-state index >= 15 is 0 Å². The summed E-state index contributed by atoms with van der Waals surface area (Å²) in [5, 5.41) is 2.02. The van der Waals surface area contributed by atoms with E-state index in [1.807, 2.05) is 5.38 Å². The molecule has 0 bridgehead atoms. The summed E-state index contributed by atoms with van der Waals surface area (Å²) in [5.41, 5.74) is 3.55. The number of methoxy groups -OCH3 is 2. The molecule has 1 aromatic carbocycles. The molecule has 0 aliphatic rings. The molecule has 2 nitrogen and oxygen atoms in total. The van der Waals surface area contributed by atoms with Gasteiger partial charge in [-0.25, -0.2) is 0 Å². The van der Waals surface area contributed by atoms with Crippen LogP contribution in [0.5, 0.6) is 11.5 Å². The molecular weight excluding hydrogens is 324 g/mol. The van der Waals surface area contributed by atoms with Crippen LogP contribution in [0.2, 0.25) is 0 Å². The number of hydrogen-bond acceptors (Lipinski definition) is 3. The third kappa shape index (κ3) is 2.95. The number of hydrogen-bond donors (Lipinski definition) is 0. The molecule has 4 heteroatoms. The maximum atomic E-state index is 5.41. The third-order valence-electron chi connectivity index (χ3n) is 3.06. The van der Waals surface area contributed by atoms with E-state index in [9.17, 15) is 0 Å². The summed E-state index contributed by atoms with van der Waals surface area (Å²) in [7, 11) is 3.40. The SMILES string of the molecule is COc1csc(C(Br)c2cc(C)c(OC)c(C)c2)c1. The van der Waals surface area contributed by atoms with E-state index in [4.69, 9.17) is 9.47 Å². The molecule has 0 fully saturated rings. The second-order valence-corrected chi connectivity index (χ2v) is 6.30. The number of rotatable bonds is 4. The standard InChI is InChI=1S/C15H17BrO2S/c1-9-5-11(6-10(2)15(9)18-4)14(16)13-7-12(17-3)8-19-13/h5-8,14H,1-4H3. The Morgan fingerprint density at radius 1 is 1.05 bits per heavy atom. The van der Waals surface area contributed by atoms with Gasteiger partial charge in [-0.1, -0.05) is 28.1 Å². The number of thiophene rings is 1.